The van der Waals surface area contributed by atoms with Gasteiger partial charge in [-0.15, -0.1) is 0 Å². The fourth-order valence-electron chi connectivity index (χ4n) is 2.23. The number of nitrogens with zero attached hydrogens (tertiary/aromatic N) is 1. The maximum Gasteiger partial charge on any atom is 0.132 e. The Morgan fingerprint density at radius 2 is 1.84 bits per heavy atom. The standard InChI is InChI=1S/C16H18FNO/c1-11-6-4-5-7-16(11)18(3)12(2)14-9-8-13(19)10-15(14)17/h4-10,12,19H,1-3H3. The molecule has 0 spiro atoms. The van der Waals surface area contributed by atoms with Crippen molar-refractivity contribution in [3.8, 4) is 5.75 Å². The summed E-state index contributed by atoms with van der Waals surface area (Å²) < 4.78 is 13.9. The van der Waals surface area contributed by atoms with E-state index in [1.54, 1.807) is 6.07 Å². The summed E-state index contributed by atoms with van der Waals surface area (Å²) in [5, 5.41) is 9.27. The Morgan fingerprint density at radius 3 is 2.47 bits per heavy atom. The Bertz CT molecular complexity index is 583. The van der Waals surface area contributed by atoms with E-state index in [2.05, 4.69) is 0 Å². The second-order valence-corrected chi connectivity index (χ2v) is 4.78. The minimum absolute atomic E-state index is 0.0491. The van der Waals surface area contributed by atoms with Gasteiger partial charge in [0.1, 0.15) is 11.6 Å². The van der Waals surface area contributed by atoms with E-state index in [0.717, 1.165) is 17.3 Å². The Morgan fingerprint density at radius 1 is 1.16 bits per heavy atom. The number of hydrogen-bond acceptors (Lipinski definition) is 2. The quantitative estimate of drug-likeness (QED) is 0.899. The summed E-state index contributed by atoms with van der Waals surface area (Å²) in [6.07, 6.45) is 0. The van der Waals surface area contributed by atoms with E-state index in [9.17, 15) is 9.50 Å². The number of para-hydroxylation sites is 1. The van der Waals surface area contributed by atoms with Gasteiger partial charge in [0.05, 0.1) is 6.04 Å². The molecular weight excluding hydrogens is 241 g/mol. The molecule has 1 unspecified atom stereocenters. The molecular formula is C16H18FNO. The van der Waals surface area contributed by atoms with Gasteiger partial charge in [0.2, 0.25) is 0 Å². The van der Waals surface area contributed by atoms with Crippen molar-refractivity contribution in [3.63, 3.8) is 0 Å². The average molecular weight is 259 g/mol. The minimum Gasteiger partial charge on any atom is -0.508 e. The Kier molecular flexibility index (Phi) is 3.74. The number of hydrogen-bond donors (Lipinski definition) is 1. The topological polar surface area (TPSA) is 23.5 Å². The molecule has 2 rings (SSSR count). The highest BCUT2D eigenvalue weighted by molar-refractivity contribution is 5.54. The fraction of sp³-hybridized carbons (Fsp3) is 0.250. The van der Waals surface area contributed by atoms with Gasteiger partial charge in [0, 0.05) is 24.4 Å². The number of phenols is 1. The molecule has 0 bridgehead atoms. The van der Waals surface area contributed by atoms with Crippen molar-refractivity contribution in [1.29, 1.82) is 0 Å². The maximum atomic E-state index is 13.9. The van der Waals surface area contributed by atoms with Crippen LogP contribution in [0.4, 0.5) is 10.1 Å². The molecule has 0 radical (unpaired) electrons. The highest BCUT2D eigenvalue weighted by Crippen LogP contribution is 2.30. The molecule has 0 aromatic heterocycles. The lowest BCUT2D eigenvalue weighted by Crippen LogP contribution is -2.23. The van der Waals surface area contributed by atoms with Gasteiger partial charge < -0.3 is 10.0 Å². The van der Waals surface area contributed by atoms with Crippen LogP contribution in [-0.2, 0) is 0 Å². The molecule has 0 fully saturated rings. The van der Waals surface area contributed by atoms with Crippen molar-refractivity contribution in [1.82, 2.24) is 0 Å². The molecule has 0 aliphatic carbocycles. The smallest absolute Gasteiger partial charge is 0.132 e. The van der Waals surface area contributed by atoms with Gasteiger partial charge in [-0.25, -0.2) is 4.39 Å². The molecule has 0 aliphatic heterocycles. The number of aryl methyl sites for hydroxylation is 1. The van der Waals surface area contributed by atoms with Gasteiger partial charge >= 0.3 is 0 Å². The van der Waals surface area contributed by atoms with E-state index in [0.29, 0.717) is 5.56 Å². The van der Waals surface area contributed by atoms with Crippen molar-refractivity contribution in [3.05, 3.63) is 59.4 Å². The second kappa shape index (κ2) is 5.31. The Labute approximate surface area is 113 Å². The lowest BCUT2D eigenvalue weighted by atomic mass is 10.0. The van der Waals surface area contributed by atoms with Crippen molar-refractivity contribution in [2.75, 3.05) is 11.9 Å². The first-order valence-corrected chi connectivity index (χ1v) is 6.27. The first-order chi connectivity index (χ1) is 9.00. The van der Waals surface area contributed by atoms with Crippen molar-refractivity contribution >= 4 is 5.69 Å². The van der Waals surface area contributed by atoms with Crippen molar-refractivity contribution in [2.24, 2.45) is 0 Å². The number of aromatic hydroxyl groups is 1. The third-order valence-electron chi connectivity index (χ3n) is 3.51. The highest BCUT2D eigenvalue weighted by Gasteiger charge is 2.17. The lowest BCUT2D eigenvalue weighted by molar-refractivity contribution is 0.466. The van der Waals surface area contributed by atoms with Crippen LogP contribution in [0.2, 0.25) is 0 Å². The van der Waals surface area contributed by atoms with Crippen LogP contribution in [0.3, 0.4) is 0 Å². The van der Waals surface area contributed by atoms with Gasteiger partial charge in [-0.05, 0) is 31.5 Å². The number of rotatable bonds is 3. The molecule has 1 atom stereocenters. The zero-order valence-electron chi connectivity index (χ0n) is 11.4. The summed E-state index contributed by atoms with van der Waals surface area (Å²) in [6.45, 7) is 3.98. The van der Waals surface area contributed by atoms with Crippen LogP contribution in [0, 0.1) is 12.7 Å². The average Bonchev–Trinajstić information content (AvgIpc) is 2.38. The van der Waals surface area contributed by atoms with Crippen LogP contribution in [0.5, 0.6) is 5.75 Å². The van der Waals surface area contributed by atoms with Crippen LogP contribution in [-0.4, -0.2) is 12.2 Å². The molecule has 0 heterocycles. The maximum absolute atomic E-state index is 13.9. The molecule has 0 amide bonds. The number of benzene rings is 2. The summed E-state index contributed by atoms with van der Waals surface area (Å²) in [6, 6.07) is 12.2. The fourth-order valence-corrected chi connectivity index (χ4v) is 2.23. The van der Waals surface area contributed by atoms with E-state index in [-0.39, 0.29) is 17.6 Å². The van der Waals surface area contributed by atoms with Crippen LogP contribution < -0.4 is 4.90 Å². The van der Waals surface area contributed by atoms with Crippen molar-refractivity contribution in [2.45, 2.75) is 19.9 Å². The molecule has 2 aromatic carbocycles. The van der Waals surface area contributed by atoms with Crippen molar-refractivity contribution < 1.29 is 9.50 Å². The SMILES string of the molecule is Cc1ccccc1N(C)C(C)c1ccc(O)cc1F. The second-order valence-electron chi connectivity index (χ2n) is 4.78. The van der Waals surface area contributed by atoms with Gasteiger partial charge in [0.25, 0.3) is 0 Å². The van der Waals surface area contributed by atoms with Crippen LogP contribution >= 0.6 is 0 Å². The summed E-state index contributed by atoms with van der Waals surface area (Å²) in [4.78, 5) is 2.03. The predicted octanol–water partition coefficient (Wildman–Crippen LogP) is 4.04. The third-order valence-corrected chi connectivity index (χ3v) is 3.51. The monoisotopic (exact) mass is 259 g/mol. The number of phenolic OH excluding ortho intramolecular Hbond substituents is 1. The number of anilines is 1. The molecule has 100 valence electrons. The molecule has 2 aromatic rings. The van der Waals surface area contributed by atoms with Gasteiger partial charge in [-0.2, -0.15) is 0 Å². The Balaban J connectivity index is 2.33. The summed E-state index contributed by atoms with van der Waals surface area (Å²) in [7, 11) is 1.94. The van der Waals surface area contributed by atoms with Gasteiger partial charge in [0.15, 0.2) is 0 Å². The molecule has 3 heteroatoms. The van der Waals surface area contributed by atoms with E-state index in [4.69, 9.17) is 0 Å². The van der Waals surface area contributed by atoms with Gasteiger partial charge in [-0.1, -0.05) is 24.3 Å². The first-order valence-electron chi connectivity index (χ1n) is 6.27. The summed E-state index contributed by atoms with van der Waals surface area (Å²) in [5.74, 6) is -0.431. The molecule has 1 N–H and O–H groups in total. The zero-order chi connectivity index (χ0) is 14.0. The lowest BCUT2D eigenvalue weighted by Gasteiger charge is -2.29. The van der Waals surface area contributed by atoms with Crippen LogP contribution in [0.1, 0.15) is 24.1 Å². The molecule has 0 saturated heterocycles. The van der Waals surface area contributed by atoms with E-state index in [1.807, 2.05) is 50.1 Å². The molecule has 0 saturated carbocycles. The Hall–Kier alpha value is -2.03. The molecule has 2 nitrogen and oxygen atoms in total. The predicted molar refractivity (Wildman–Crippen MR) is 76.1 cm³/mol. The van der Waals surface area contributed by atoms with Gasteiger partial charge in [-0.3, -0.25) is 0 Å². The summed E-state index contributed by atoms with van der Waals surface area (Å²) in [5.41, 5.74) is 2.79. The number of halogens is 1. The van der Waals surface area contributed by atoms with Crippen LogP contribution in [0.25, 0.3) is 0 Å². The van der Waals surface area contributed by atoms with E-state index < -0.39 is 0 Å². The van der Waals surface area contributed by atoms with Crippen LogP contribution in [0.15, 0.2) is 42.5 Å². The largest absolute Gasteiger partial charge is 0.508 e. The molecule has 0 aliphatic rings. The van der Waals surface area contributed by atoms with E-state index in [1.165, 1.54) is 6.07 Å². The molecule has 19 heavy (non-hydrogen) atoms. The first kappa shape index (κ1) is 13.4. The zero-order valence-corrected chi connectivity index (χ0v) is 11.4. The summed E-state index contributed by atoms with van der Waals surface area (Å²) >= 11 is 0. The third kappa shape index (κ3) is 2.70. The minimum atomic E-state index is -0.382. The van der Waals surface area contributed by atoms with E-state index >= 15 is 0 Å². The normalized spacial score (nSPS) is 12.2. The highest BCUT2D eigenvalue weighted by atomic mass is 19.1.